The first-order chi connectivity index (χ1) is 9.72. The van der Waals surface area contributed by atoms with Crippen molar-refractivity contribution in [2.24, 2.45) is 11.7 Å². The molecule has 0 heterocycles. The molecule has 1 aromatic rings. The van der Waals surface area contributed by atoms with Gasteiger partial charge < -0.3 is 15.6 Å². The number of hydrogen-bond donors (Lipinski definition) is 3. The first kappa shape index (κ1) is 16.5. The number of phenols is 1. The maximum atomic E-state index is 12.0. The highest BCUT2D eigenvalue weighted by molar-refractivity contribution is 5.99. The number of aryl methyl sites for hydroxylation is 1. The van der Waals surface area contributed by atoms with Crippen LogP contribution in [0, 0.1) is 12.8 Å². The Hall–Kier alpha value is -2.57. The van der Waals surface area contributed by atoms with Gasteiger partial charge in [0.05, 0.1) is 0 Å². The zero-order valence-corrected chi connectivity index (χ0v) is 12.0. The van der Waals surface area contributed by atoms with Crippen molar-refractivity contribution < 1.29 is 24.2 Å². The number of ether oxygens (including phenoxy) is 1. The molecule has 1 aromatic carbocycles. The van der Waals surface area contributed by atoms with Crippen LogP contribution in [0.1, 0.15) is 29.8 Å². The Morgan fingerprint density at radius 3 is 2.43 bits per heavy atom. The van der Waals surface area contributed by atoms with Gasteiger partial charge in [-0.3, -0.25) is 10.1 Å². The van der Waals surface area contributed by atoms with E-state index in [0.29, 0.717) is 0 Å². The van der Waals surface area contributed by atoms with Gasteiger partial charge in [-0.2, -0.15) is 0 Å². The highest BCUT2D eigenvalue weighted by atomic mass is 16.5. The van der Waals surface area contributed by atoms with Gasteiger partial charge in [-0.25, -0.2) is 9.59 Å². The van der Waals surface area contributed by atoms with Gasteiger partial charge >= 0.3 is 12.0 Å². The number of phenolic OH excluding ortho intramolecular Hbond substituents is 1. The molecule has 0 saturated carbocycles. The van der Waals surface area contributed by atoms with E-state index in [0.717, 1.165) is 5.56 Å². The molecule has 0 fully saturated rings. The molecule has 114 valence electrons. The van der Waals surface area contributed by atoms with Crippen LogP contribution in [-0.4, -0.2) is 29.1 Å². The Labute approximate surface area is 122 Å². The number of carbonyl (C=O) groups is 3. The Bertz CT molecular complexity index is 568. The van der Waals surface area contributed by atoms with Crippen LogP contribution in [0.5, 0.6) is 5.75 Å². The van der Waals surface area contributed by atoms with Gasteiger partial charge in [-0.15, -0.1) is 0 Å². The molecule has 1 atom stereocenters. The van der Waals surface area contributed by atoms with Crippen molar-refractivity contribution in [3.63, 3.8) is 0 Å². The fourth-order valence-corrected chi connectivity index (χ4v) is 1.68. The lowest BCUT2D eigenvalue weighted by Gasteiger charge is -2.20. The SMILES string of the molecule is Cc1ccc(O)c(C(=O)O[C@@H](C(=O)NC(N)=O)C(C)C)c1. The zero-order chi connectivity index (χ0) is 16.2. The Morgan fingerprint density at radius 2 is 1.90 bits per heavy atom. The zero-order valence-electron chi connectivity index (χ0n) is 12.0. The average Bonchev–Trinajstić information content (AvgIpc) is 2.37. The summed E-state index contributed by atoms with van der Waals surface area (Å²) in [6, 6.07) is 3.41. The Kier molecular flexibility index (Phi) is 5.29. The highest BCUT2D eigenvalue weighted by Crippen LogP contribution is 2.21. The summed E-state index contributed by atoms with van der Waals surface area (Å²) in [4.78, 5) is 34.5. The molecule has 0 bridgehead atoms. The van der Waals surface area contributed by atoms with E-state index in [1.54, 1.807) is 26.8 Å². The van der Waals surface area contributed by atoms with Crippen molar-refractivity contribution in [2.45, 2.75) is 26.9 Å². The van der Waals surface area contributed by atoms with Crippen LogP contribution in [0.15, 0.2) is 18.2 Å². The molecule has 0 spiro atoms. The number of nitrogens with one attached hydrogen (secondary N) is 1. The monoisotopic (exact) mass is 294 g/mol. The maximum absolute atomic E-state index is 12.0. The van der Waals surface area contributed by atoms with Crippen LogP contribution < -0.4 is 11.1 Å². The molecule has 4 N–H and O–H groups in total. The summed E-state index contributed by atoms with van der Waals surface area (Å²) < 4.78 is 5.08. The van der Waals surface area contributed by atoms with Gasteiger partial charge in [0.25, 0.3) is 5.91 Å². The number of carbonyl (C=O) groups excluding carboxylic acids is 3. The molecule has 0 saturated heterocycles. The minimum atomic E-state index is -1.19. The number of esters is 1. The van der Waals surface area contributed by atoms with Crippen LogP contribution in [0.25, 0.3) is 0 Å². The second-order valence-electron chi connectivity index (χ2n) is 4.94. The van der Waals surface area contributed by atoms with Gasteiger partial charge in [-0.05, 0) is 25.0 Å². The van der Waals surface area contributed by atoms with Crippen molar-refractivity contribution in [2.75, 3.05) is 0 Å². The van der Waals surface area contributed by atoms with Gasteiger partial charge in [0, 0.05) is 0 Å². The minimum Gasteiger partial charge on any atom is -0.507 e. The largest absolute Gasteiger partial charge is 0.507 e. The second-order valence-corrected chi connectivity index (χ2v) is 4.94. The molecule has 0 aliphatic carbocycles. The maximum Gasteiger partial charge on any atom is 0.342 e. The standard InChI is InChI=1S/C14H18N2O5/c1-7(2)11(12(18)16-14(15)20)21-13(19)9-6-8(3)4-5-10(9)17/h4-7,11,17H,1-3H3,(H3,15,16,18,20)/t11-/m1/s1. The molecule has 0 unspecified atom stereocenters. The third-order valence-corrected chi connectivity index (χ3v) is 2.72. The van der Waals surface area contributed by atoms with E-state index in [9.17, 15) is 19.5 Å². The summed E-state index contributed by atoms with van der Waals surface area (Å²) in [7, 11) is 0. The molecule has 3 amide bonds. The predicted molar refractivity (Wildman–Crippen MR) is 74.6 cm³/mol. The first-order valence-corrected chi connectivity index (χ1v) is 6.33. The van der Waals surface area contributed by atoms with Crippen molar-refractivity contribution in [1.82, 2.24) is 5.32 Å². The van der Waals surface area contributed by atoms with E-state index in [-0.39, 0.29) is 17.2 Å². The first-order valence-electron chi connectivity index (χ1n) is 6.33. The lowest BCUT2D eigenvalue weighted by atomic mass is 10.1. The van der Waals surface area contributed by atoms with Gasteiger partial charge in [0.15, 0.2) is 6.10 Å². The van der Waals surface area contributed by atoms with Crippen LogP contribution in [0.2, 0.25) is 0 Å². The number of urea groups is 1. The summed E-state index contributed by atoms with van der Waals surface area (Å²) in [5, 5.41) is 11.5. The van der Waals surface area contributed by atoms with Gasteiger partial charge in [-0.1, -0.05) is 25.5 Å². The summed E-state index contributed by atoms with van der Waals surface area (Å²) in [6.07, 6.45) is -1.19. The summed E-state index contributed by atoms with van der Waals surface area (Å²) in [6.45, 7) is 5.04. The van der Waals surface area contributed by atoms with Crippen molar-refractivity contribution in [3.8, 4) is 5.75 Å². The van der Waals surface area contributed by atoms with Gasteiger partial charge in [0.1, 0.15) is 11.3 Å². The van der Waals surface area contributed by atoms with Crippen molar-refractivity contribution in [1.29, 1.82) is 0 Å². The number of aromatic hydroxyl groups is 1. The number of nitrogens with two attached hydrogens (primary N) is 1. The molecule has 0 radical (unpaired) electrons. The van der Waals surface area contributed by atoms with Crippen molar-refractivity contribution >= 4 is 17.9 Å². The molecule has 0 aromatic heterocycles. The van der Waals surface area contributed by atoms with Crippen LogP contribution >= 0.6 is 0 Å². The second kappa shape index (κ2) is 6.74. The van der Waals surface area contributed by atoms with E-state index >= 15 is 0 Å². The van der Waals surface area contributed by atoms with Crippen molar-refractivity contribution in [3.05, 3.63) is 29.3 Å². The lowest BCUT2D eigenvalue weighted by Crippen LogP contribution is -2.45. The number of hydrogen-bond acceptors (Lipinski definition) is 5. The molecule has 7 heteroatoms. The molecular weight excluding hydrogens is 276 g/mol. The van der Waals surface area contributed by atoms with E-state index in [1.165, 1.54) is 12.1 Å². The van der Waals surface area contributed by atoms with E-state index in [1.807, 2.05) is 5.32 Å². The number of amides is 3. The summed E-state index contributed by atoms with van der Waals surface area (Å²) in [5.74, 6) is -2.28. The predicted octanol–water partition coefficient (Wildman–Crippen LogP) is 1.08. The third kappa shape index (κ3) is 4.48. The Morgan fingerprint density at radius 1 is 1.29 bits per heavy atom. The average molecular weight is 294 g/mol. The fourth-order valence-electron chi connectivity index (χ4n) is 1.68. The van der Waals surface area contributed by atoms with Crippen LogP contribution in [-0.2, 0) is 9.53 Å². The topological polar surface area (TPSA) is 119 Å². The summed E-state index contributed by atoms with van der Waals surface area (Å²) in [5.41, 5.74) is 5.57. The lowest BCUT2D eigenvalue weighted by molar-refractivity contribution is -0.130. The van der Waals surface area contributed by atoms with E-state index in [2.05, 4.69) is 0 Å². The Balaban J connectivity index is 2.93. The molecule has 7 nitrogen and oxygen atoms in total. The molecule has 0 aliphatic rings. The fraction of sp³-hybridized carbons (Fsp3) is 0.357. The molecule has 21 heavy (non-hydrogen) atoms. The van der Waals surface area contributed by atoms with Crippen LogP contribution in [0.3, 0.4) is 0 Å². The van der Waals surface area contributed by atoms with Crippen LogP contribution in [0.4, 0.5) is 4.79 Å². The number of benzene rings is 1. The van der Waals surface area contributed by atoms with Gasteiger partial charge in [0.2, 0.25) is 0 Å². The number of rotatable bonds is 4. The normalized spacial score (nSPS) is 11.8. The summed E-state index contributed by atoms with van der Waals surface area (Å²) >= 11 is 0. The quantitative estimate of drug-likeness (QED) is 0.718. The molecule has 0 aliphatic heterocycles. The molecule has 1 rings (SSSR count). The molecular formula is C14H18N2O5. The van der Waals surface area contributed by atoms with E-state index < -0.39 is 24.0 Å². The highest BCUT2D eigenvalue weighted by Gasteiger charge is 2.28. The third-order valence-electron chi connectivity index (χ3n) is 2.72. The number of imide groups is 1. The smallest absolute Gasteiger partial charge is 0.342 e. The number of primary amides is 1. The minimum absolute atomic E-state index is 0.0486. The van der Waals surface area contributed by atoms with E-state index in [4.69, 9.17) is 10.5 Å².